The number of methoxy groups -OCH3 is 1. The molecule has 24 heavy (non-hydrogen) atoms. The SMILES string of the molecule is COc1ccc(P(c2cccc3ccccc23)C2C=CC=C2)cc1. The molecule has 1 aliphatic rings. The van der Waals surface area contributed by atoms with Gasteiger partial charge in [-0.3, -0.25) is 0 Å². The summed E-state index contributed by atoms with van der Waals surface area (Å²) in [5, 5.41) is 5.48. The minimum Gasteiger partial charge on any atom is -0.497 e. The monoisotopic (exact) mass is 330 g/mol. The molecular weight excluding hydrogens is 311 g/mol. The zero-order valence-corrected chi connectivity index (χ0v) is 14.5. The molecule has 1 aliphatic carbocycles. The van der Waals surface area contributed by atoms with E-state index in [4.69, 9.17) is 4.74 Å². The number of ether oxygens (including phenoxy) is 1. The van der Waals surface area contributed by atoms with Crippen LogP contribution in [-0.4, -0.2) is 12.8 Å². The first-order chi connectivity index (χ1) is 11.9. The summed E-state index contributed by atoms with van der Waals surface area (Å²) >= 11 is 0. The van der Waals surface area contributed by atoms with E-state index < -0.39 is 7.92 Å². The van der Waals surface area contributed by atoms with Gasteiger partial charge >= 0.3 is 0 Å². The van der Waals surface area contributed by atoms with Crippen molar-refractivity contribution in [1.82, 2.24) is 0 Å². The Bertz CT molecular complexity index is 891. The Kier molecular flexibility index (Phi) is 4.19. The van der Waals surface area contributed by atoms with E-state index >= 15 is 0 Å². The van der Waals surface area contributed by atoms with Gasteiger partial charge in [0.1, 0.15) is 5.75 Å². The summed E-state index contributed by atoms with van der Waals surface area (Å²) in [6.07, 6.45) is 8.96. The van der Waals surface area contributed by atoms with E-state index in [1.54, 1.807) is 7.11 Å². The van der Waals surface area contributed by atoms with E-state index in [0.717, 1.165) is 5.75 Å². The van der Waals surface area contributed by atoms with E-state index in [9.17, 15) is 0 Å². The molecule has 1 unspecified atom stereocenters. The lowest BCUT2D eigenvalue weighted by molar-refractivity contribution is 0.415. The normalized spacial score (nSPS) is 15.0. The molecular formula is C22H19OP. The Morgan fingerprint density at radius 1 is 0.792 bits per heavy atom. The molecule has 0 fully saturated rings. The highest BCUT2D eigenvalue weighted by Crippen LogP contribution is 2.44. The van der Waals surface area contributed by atoms with Crippen LogP contribution in [0.5, 0.6) is 5.75 Å². The van der Waals surface area contributed by atoms with Gasteiger partial charge < -0.3 is 4.74 Å². The molecule has 0 N–H and O–H groups in total. The summed E-state index contributed by atoms with van der Waals surface area (Å²) in [5.74, 6) is 0.907. The van der Waals surface area contributed by atoms with Gasteiger partial charge in [-0.25, -0.2) is 0 Å². The van der Waals surface area contributed by atoms with Gasteiger partial charge in [-0.2, -0.15) is 0 Å². The zero-order valence-electron chi connectivity index (χ0n) is 13.6. The van der Waals surface area contributed by atoms with Crippen molar-refractivity contribution in [2.24, 2.45) is 0 Å². The van der Waals surface area contributed by atoms with E-state index in [-0.39, 0.29) is 0 Å². The first kappa shape index (κ1) is 15.2. The van der Waals surface area contributed by atoms with E-state index in [2.05, 4.69) is 91.0 Å². The van der Waals surface area contributed by atoms with Crippen LogP contribution in [-0.2, 0) is 0 Å². The zero-order chi connectivity index (χ0) is 16.4. The summed E-state index contributed by atoms with van der Waals surface area (Å²) in [4.78, 5) is 0. The van der Waals surface area contributed by atoms with Gasteiger partial charge in [-0.15, -0.1) is 0 Å². The third kappa shape index (κ3) is 2.77. The molecule has 2 heteroatoms. The van der Waals surface area contributed by atoms with Crippen molar-refractivity contribution in [3.63, 3.8) is 0 Å². The highest BCUT2D eigenvalue weighted by molar-refractivity contribution is 7.74. The molecule has 3 aromatic rings. The molecule has 1 atom stereocenters. The average molecular weight is 330 g/mol. The summed E-state index contributed by atoms with van der Waals surface area (Å²) in [5.41, 5.74) is 0.444. The standard InChI is InChI=1S/C22H19OP/c1-23-18-13-15-20(16-14-18)24(19-9-3-4-10-19)22-12-6-8-17-7-2-5-11-21(17)22/h2-16,19H,1H3. The van der Waals surface area contributed by atoms with Gasteiger partial charge in [-0.1, -0.05) is 78.9 Å². The van der Waals surface area contributed by atoms with E-state index in [0.29, 0.717) is 5.66 Å². The molecule has 0 radical (unpaired) electrons. The highest BCUT2D eigenvalue weighted by atomic mass is 31.1. The minimum atomic E-state index is -0.498. The Balaban J connectivity index is 1.88. The largest absolute Gasteiger partial charge is 0.497 e. The van der Waals surface area contributed by atoms with Crippen molar-refractivity contribution in [1.29, 1.82) is 0 Å². The molecule has 118 valence electrons. The van der Waals surface area contributed by atoms with Gasteiger partial charge in [0.15, 0.2) is 0 Å². The van der Waals surface area contributed by atoms with Crippen LogP contribution >= 0.6 is 7.92 Å². The van der Waals surface area contributed by atoms with Crippen LogP contribution in [0.25, 0.3) is 10.8 Å². The van der Waals surface area contributed by atoms with Gasteiger partial charge in [0.05, 0.1) is 7.11 Å². The van der Waals surface area contributed by atoms with Gasteiger partial charge in [0.25, 0.3) is 0 Å². The molecule has 0 spiro atoms. The Labute approximate surface area is 144 Å². The third-order valence-electron chi connectivity index (χ3n) is 4.40. The smallest absolute Gasteiger partial charge is 0.118 e. The van der Waals surface area contributed by atoms with Crippen LogP contribution in [0, 0.1) is 0 Å². The summed E-state index contributed by atoms with van der Waals surface area (Å²) in [6, 6.07) is 23.9. The number of hydrogen-bond donors (Lipinski definition) is 0. The fourth-order valence-corrected chi connectivity index (χ4v) is 5.89. The second-order valence-corrected chi connectivity index (χ2v) is 8.16. The van der Waals surface area contributed by atoms with Gasteiger partial charge in [0, 0.05) is 5.66 Å². The van der Waals surface area contributed by atoms with Crippen molar-refractivity contribution < 1.29 is 4.74 Å². The topological polar surface area (TPSA) is 9.23 Å². The van der Waals surface area contributed by atoms with Crippen molar-refractivity contribution in [2.45, 2.75) is 5.66 Å². The first-order valence-corrected chi connectivity index (χ1v) is 9.54. The summed E-state index contributed by atoms with van der Waals surface area (Å²) < 4.78 is 5.33. The van der Waals surface area contributed by atoms with Crippen molar-refractivity contribution in [3.8, 4) is 5.75 Å². The second kappa shape index (κ2) is 6.63. The molecule has 0 aromatic heterocycles. The Morgan fingerprint density at radius 2 is 1.50 bits per heavy atom. The molecule has 0 bridgehead atoms. The van der Waals surface area contributed by atoms with Crippen LogP contribution in [0.15, 0.2) is 91.0 Å². The highest BCUT2D eigenvalue weighted by Gasteiger charge is 2.23. The number of hydrogen-bond acceptors (Lipinski definition) is 1. The molecule has 4 rings (SSSR count). The second-order valence-electron chi connectivity index (χ2n) is 5.83. The maximum atomic E-state index is 5.33. The molecule has 1 nitrogen and oxygen atoms in total. The summed E-state index contributed by atoms with van der Waals surface area (Å²) in [6.45, 7) is 0. The van der Waals surface area contributed by atoms with Crippen molar-refractivity contribution >= 4 is 29.3 Å². The maximum Gasteiger partial charge on any atom is 0.118 e. The van der Waals surface area contributed by atoms with Crippen LogP contribution in [0.1, 0.15) is 0 Å². The molecule has 0 saturated carbocycles. The lowest BCUT2D eigenvalue weighted by Gasteiger charge is -2.24. The van der Waals surface area contributed by atoms with E-state index in [1.165, 1.54) is 21.4 Å². The first-order valence-electron chi connectivity index (χ1n) is 8.13. The van der Waals surface area contributed by atoms with Crippen molar-refractivity contribution in [3.05, 3.63) is 91.0 Å². The average Bonchev–Trinajstić information content (AvgIpc) is 3.17. The Morgan fingerprint density at radius 3 is 2.25 bits per heavy atom. The van der Waals surface area contributed by atoms with Crippen LogP contribution in [0.3, 0.4) is 0 Å². The number of benzene rings is 3. The lowest BCUT2D eigenvalue weighted by atomic mass is 10.1. The summed E-state index contributed by atoms with van der Waals surface area (Å²) in [7, 11) is 1.21. The van der Waals surface area contributed by atoms with Gasteiger partial charge in [-0.05, 0) is 41.4 Å². The van der Waals surface area contributed by atoms with Gasteiger partial charge in [0.2, 0.25) is 0 Å². The maximum absolute atomic E-state index is 5.33. The molecule has 0 heterocycles. The Hall–Kier alpha value is -2.37. The number of rotatable bonds is 4. The van der Waals surface area contributed by atoms with Crippen LogP contribution in [0.4, 0.5) is 0 Å². The van der Waals surface area contributed by atoms with E-state index in [1.807, 2.05) is 0 Å². The predicted octanol–water partition coefficient (Wildman–Crippen LogP) is 4.78. The lowest BCUT2D eigenvalue weighted by Crippen LogP contribution is -2.19. The molecule has 0 saturated heterocycles. The minimum absolute atomic E-state index is 0.444. The number of allylic oxidation sites excluding steroid dienone is 4. The fourth-order valence-electron chi connectivity index (χ4n) is 3.23. The molecule has 3 aromatic carbocycles. The number of fused-ring (bicyclic) bond motifs is 1. The third-order valence-corrected chi connectivity index (χ3v) is 7.11. The molecule has 0 amide bonds. The quantitative estimate of drug-likeness (QED) is 0.626. The van der Waals surface area contributed by atoms with Crippen molar-refractivity contribution in [2.75, 3.05) is 7.11 Å². The van der Waals surface area contributed by atoms with Crippen LogP contribution in [0.2, 0.25) is 0 Å². The predicted molar refractivity (Wildman–Crippen MR) is 105 cm³/mol. The molecule has 0 aliphatic heterocycles. The fraction of sp³-hybridized carbons (Fsp3) is 0.0909. The van der Waals surface area contributed by atoms with Crippen LogP contribution < -0.4 is 15.3 Å².